The molecule has 2 rings (SSSR count). The zero-order valence-corrected chi connectivity index (χ0v) is 12.9. The van der Waals surface area contributed by atoms with Crippen LogP contribution in [0.1, 0.15) is 26.0 Å². The van der Waals surface area contributed by atoms with Gasteiger partial charge in [0.25, 0.3) is 0 Å². The Morgan fingerprint density at radius 1 is 1.38 bits per heavy atom. The maximum atomic E-state index is 11.4. The van der Waals surface area contributed by atoms with Crippen molar-refractivity contribution in [1.82, 2.24) is 0 Å². The van der Waals surface area contributed by atoms with Crippen LogP contribution in [0.5, 0.6) is 0 Å². The van der Waals surface area contributed by atoms with E-state index in [2.05, 4.69) is 17.6 Å². The van der Waals surface area contributed by atoms with Gasteiger partial charge in [-0.05, 0) is 37.3 Å². The molecule has 0 aliphatic rings. The van der Waals surface area contributed by atoms with Crippen LogP contribution < -0.4 is 10.6 Å². The van der Waals surface area contributed by atoms with Crippen molar-refractivity contribution in [3.8, 4) is 0 Å². The summed E-state index contributed by atoms with van der Waals surface area (Å²) < 4.78 is 5.33. The summed E-state index contributed by atoms with van der Waals surface area (Å²) in [4.78, 5) is 11.4. The van der Waals surface area contributed by atoms with Crippen LogP contribution in [0, 0.1) is 0 Å². The molecule has 5 heteroatoms. The molecule has 0 aliphatic heterocycles. The lowest BCUT2D eigenvalue weighted by atomic mass is 10.1. The number of carbonyl (C=O) groups excluding carboxylic acids is 1. The molecule has 1 heterocycles. The molecule has 21 heavy (non-hydrogen) atoms. The van der Waals surface area contributed by atoms with Gasteiger partial charge >= 0.3 is 0 Å². The quantitative estimate of drug-likeness (QED) is 0.835. The van der Waals surface area contributed by atoms with Gasteiger partial charge < -0.3 is 15.1 Å². The number of furan rings is 1. The molecule has 1 amide bonds. The van der Waals surface area contributed by atoms with Gasteiger partial charge in [0, 0.05) is 24.6 Å². The molecular weight excluding hydrogens is 288 g/mol. The molecule has 112 valence electrons. The standard InChI is InChI=1S/C16H19ClN2O2/c1-3-16(20)19-12-6-7-14(17)15(10-12)18-11(2)9-13-5-4-8-21-13/h4-8,10-11,18H,3,9H2,1-2H3,(H,19,20). The van der Waals surface area contributed by atoms with Gasteiger partial charge in [-0.1, -0.05) is 18.5 Å². The van der Waals surface area contributed by atoms with Crippen molar-refractivity contribution in [3.63, 3.8) is 0 Å². The molecular formula is C16H19ClN2O2. The Labute approximate surface area is 129 Å². The summed E-state index contributed by atoms with van der Waals surface area (Å²) in [6, 6.07) is 9.38. The number of anilines is 2. The second-order valence-electron chi connectivity index (χ2n) is 4.93. The minimum Gasteiger partial charge on any atom is -0.469 e. The highest BCUT2D eigenvalue weighted by molar-refractivity contribution is 6.33. The molecule has 0 saturated heterocycles. The zero-order valence-electron chi connectivity index (χ0n) is 12.2. The molecule has 0 saturated carbocycles. The number of amides is 1. The van der Waals surface area contributed by atoms with E-state index in [1.54, 1.807) is 18.4 Å². The Kier molecular flexibility index (Phi) is 5.28. The van der Waals surface area contributed by atoms with Crippen LogP contribution in [0.2, 0.25) is 5.02 Å². The molecule has 1 unspecified atom stereocenters. The summed E-state index contributed by atoms with van der Waals surface area (Å²) >= 11 is 6.19. The van der Waals surface area contributed by atoms with E-state index in [0.717, 1.165) is 23.6 Å². The van der Waals surface area contributed by atoms with Crippen molar-refractivity contribution in [1.29, 1.82) is 0 Å². The number of carbonyl (C=O) groups is 1. The van der Waals surface area contributed by atoms with Crippen LogP contribution >= 0.6 is 11.6 Å². The fraction of sp³-hybridized carbons (Fsp3) is 0.312. The fourth-order valence-corrected chi connectivity index (χ4v) is 2.18. The van der Waals surface area contributed by atoms with E-state index in [4.69, 9.17) is 16.0 Å². The van der Waals surface area contributed by atoms with Gasteiger partial charge in [-0.3, -0.25) is 4.79 Å². The van der Waals surface area contributed by atoms with Gasteiger partial charge in [0.1, 0.15) is 5.76 Å². The van der Waals surface area contributed by atoms with Crippen molar-refractivity contribution < 1.29 is 9.21 Å². The second kappa shape index (κ2) is 7.18. The maximum absolute atomic E-state index is 11.4. The second-order valence-corrected chi connectivity index (χ2v) is 5.33. The smallest absolute Gasteiger partial charge is 0.224 e. The van der Waals surface area contributed by atoms with E-state index in [1.807, 2.05) is 25.1 Å². The average Bonchev–Trinajstić information content (AvgIpc) is 2.95. The molecule has 0 fully saturated rings. The third kappa shape index (κ3) is 4.53. The topological polar surface area (TPSA) is 54.3 Å². The first-order chi connectivity index (χ1) is 10.1. The van der Waals surface area contributed by atoms with Crippen LogP contribution in [-0.2, 0) is 11.2 Å². The zero-order chi connectivity index (χ0) is 15.2. The monoisotopic (exact) mass is 306 g/mol. The molecule has 2 N–H and O–H groups in total. The molecule has 1 atom stereocenters. The lowest BCUT2D eigenvalue weighted by molar-refractivity contribution is -0.115. The predicted molar refractivity (Wildman–Crippen MR) is 85.9 cm³/mol. The van der Waals surface area contributed by atoms with Crippen molar-refractivity contribution in [2.75, 3.05) is 10.6 Å². The highest BCUT2D eigenvalue weighted by Crippen LogP contribution is 2.26. The van der Waals surface area contributed by atoms with Crippen LogP contribution in [0.25, 0.3) is 0 Å². The normalized spacial score (nSPS) is 12.0. The Morgan fingerprint density at radius 3 is 2.86 bits per heavy atom. The molecule has 2 aromatic rings. The molecule has 0 spiro atoms. The van der Waals surface area contributed by atoms with Gasteiger partial charge in [-0.15, -0.1) is 0 Å². The predicted octanol–water partition coefficient (Wildman–Crippen LogP) is 4.32. The Balaban J connectivity index is 2.04. The van der Waals surface area contributed by atoms with E-state index in [-0.39, 0.29) is 11.9 Å². The summed E-state index contributed by atoms with van der Waals surface area (Å²) in [5.41, 5.74) is 1.53. The Morgan fingerprint density at radius 2 is 2.19 bits per heavy atom. The molecule has 0 radical (unpaired) electrons. The number of rotatable bonds is 6. The van der Waals surface area contributed by atoms with Crippen molar-refractivity contribution in [3.05, 3.63) is 47.4 Å². The van der Waals surface area contributed by atoms with Crippen molar-refractivity contribution in [2.24, 2.45) is 0 Å². The summed E-state index contributed by atoms with van der Waals surface area (Å²) in [6.07, 6.45) is 2.87. The van der Waals surface area contributed by atoms with Crippen LogP contribution in [0.4, 0.5) is 11.4 Å². The number of benzene rings is 1. The van der Waals surface area contributed by atoms with E-state index < -0.39 is 0 Å². The van der Waals surface area contributed by atoms with Crippen LogP contribution in [0.15, 0.2) is 41.0 Å². The third-order valence-electron chi connectivity index (χ3n) is 3.06. The number of hydrogen-bond donors (Lipinski definition) is 2. The summed E-state index contributed by atoms with van der Waals surface area (Å²) in [5, 5.41) is 6.78. The first-order valence-corrected chi connectivity index (χ1v) is 7.34. The Bertz CT molecular complexity index is 596. The number of halogens is 1. The number of nitrogens with one attached hydrogen (secondary N) is 2. The summed E-state index contributed by atoms with van der Waals surface area (Å²) in [7, 11) is 0. The highest BCUT2D eigenvalue weighted by Gasteiger charge is 2.09. The van der Waals surface area contributed by atoms with Crippen molar-refractivity contribution >= 4 is 28.9 Å². The van der Waals surface area contributed by atoms with Crippen LogP contribution in [-0.4, -0.2) is 11.9 Å². The third-order valence-corrected chi connectivity index (χ3v) is 3.39. The van der Waals surface area contributed by atoms with Crippen molar-refractivity contribution in [2.45, 2.75) is 32.7 Å². The largest absolute Gasteiger partial charge is 0.469 e. The van der Waals surface area contributed by atoms with Gasteiger partial charge in [-0.2, -0.15) is 0 Å². The summed E-state index contributed by atoms with van der Waals surface area (Å²) in [6.45, 7) is 3.87. The maximum Gasteiger partial charge on any atom is 0.224 e. The first-order valence-electron chi connectivity index (χ1n) is 6.96. The summed E-state index contributed by atoms with van der Waals surface area (Å²) in [5.74, 6) is 0.897. The highest BCUT2D eigenvalue weighted by atomic mass is 35.5. The number of hydrogen-bond acceptors (Lipinski definition) is 3. The van der Waals surface area contributed by atoms with Gasteiger partial charge in [0.05, 0.1) is 17.0 Å². The fourth-order valence-electron chi connectivity index (χ4n) is 2.01. The van der Waals surface area contributed by atoms with Gasteiger partial charge in [0.2, 0.25) is 5.91 Å². The Hall–Kier alpha value is -1.94. The van der Waals surface area contributed by atoms with Crippen LogP contribution in [0.3, 0.4) is 0 Å². The first kappa shape index (κ1) is 15.4. The van der Waals surface area contributed by atoms with Gasteiger partial charge in [0.15, 0.2) is 0 Å². The van der Waals surface area contributed by atoms with Gasteiger partial charge in [-0.25, -0.2) is 0 Å². The SMILES string of the molecule is CCC(=O)Nc1ccc(Cl)c(NC(C)Cc2ccco2)c1. The molecule has 1 aromatic heterocycles. The van der Waals surface area contributed by atoms with E-state index in [0.29, 0.717) is 11.4 Å². The molecule has 0 bridgehead atoms. The lowest BCUT2D eigenvalue weighted by Crippen LogP contribution is -2.18. The molecule has 1 aromatic carbocycles. The molecule has 4 nitrogen and oxygen atoms in total. The van der Waals surface area contributed by atoms with E-state index in [9.17, 15) is 4.79 Å². The molecule has 0 aliphatic carbocycles. The van der Waals surface area contributed by atoms with E-state index >= 15 is 0 Å². The van der Waals surface area contributed by atoms with E-state index in [1.165, 1.54) is 0 Å². The minimum absolute atomic E-state index is 0.0214. The lowest BCUT2D eigenvalue weighted by Gasteiger charge is -2.16. The average molecular weight is 307 g/mol. The minimum atomic E-state index is -0.0214.